The average Bonchev–Trinajstić information content (AvgIpc) is 2.47. The van der Waals surface area contributed by atoms with Gasteiger partial charge in [0.2, 0.25) is 0 Å². The lowest BCUT2D eigenvalue weighted by atomic mass is 10.3. The third kappa shape index (κ3) is 1.51. The van der Waals surface area contributed by atoms with Crippen molar-refractivity contribution in [1.29, 1.82) is 0 Å². The summed E-state index contributed by atoms with van der Waals surface area (Å²) in [6.45, 7) is 3.79. The van der Waals surface area contributed by atoms with Gasteiger partial charge in [-0.1, -0.05) is 6.07 Å². The second kappa shape index (κ2) is 3.21. The van der Waals surface area contributed by atoms with Crippen LogP contribution in [0.5, 0.6) is 0 Å². The van der Waals surface area contributed by atoms with Gasteiger partial charge in [-0.25, -0.2) is 4.98 Å². The molecule has 0 atom stereocenters. The Labute approximate surface area is 82.3 Å². The largest absolute Gasteiger partial charge is 0.272 e. The first-order chi connectivity index (χ1) is 6.66. The van der Waals surface area contributed by atoms with Crippen LogP contribution in [0.15, 0.2) is 23.4 Å². The number of aryl methyl sites for hydroxylation is 1. The molecule has 0 saturated carbocycles. The van der Waals surface area contributed by atoms with Crippen LogP contribution in [-0.4, -0.2) is 16.6 Å². The normalized spacial score (nSPS) is 16.0. The van der Waals surface area contributed by atoms with Crippen molar-refractivity contribution in [1.82, 2.24) is 4.98 Å². The Hall–Kier alpha value is -1.71. The molecule has 2 rings (SSSR count). The number of hydrazone groups is 1. The van der Waals surface area contributed by atoms with E-state index in [0.29, 0.717) is 12.2 Å². The molecule has 72 valence electrons. The monoisotopic (exact) mass is 189 g/mol. The van der Waals surface area contributed by atoms with Crippen molar-refractivity contribution >= 4 is 17.4 Å². The third-order valence-corrected chi connectivity index (χ3v) is 2.03. The average molecular weight is 189 g/mol. The molecule has 0 N–H and O–H groups in total. The summed E-state index contributed by atoms with van der Waals surface area (Å²) < 4.78 is 0. The molecule has 0 fully saturated rings. The van der Waals surface area contributed by atoms with E-state index in [1.165, 1.54) is 5.01 Å². The molecule has 14 heavy (non-hydrogen) atoms. The number of amides is 1. The van der Waals surface area contributed by atoms with Gasteiger partial charge in [-0.2, -0.15) is 10.1 Å². The third-order valence-electron chi connectivity index (χ3n) is 2.03. The van der Waals surface area contributed by atoms with Crippen LogP contribution in [0.2, 0.25) is 0 Å². The lowest BCUT2D eigenvalue weighted by Gasteiger charge is -2.09. The Morgan fingerprint density at radius 1 is 1.36 bits per heavy atom. The van der Waals surface area contributed by atoms with Gasteiger partial charge < -0.3 is 0 Å². The van der Waals surface area contributed by atoms with E-state index in [4.69, 9.17) is 0 Å². The molecule has 0 spiro atoms. The van der Waals surface area contributed by atoms with Crippen LogP contribution >= 0.6 is 0 Å². The highest BCUT2D eigenvalue weighted by Crippen LogP contribution is 2.17. The van der Waals surface area contributed by atoms with Gasteiger partial charge in [0.1, 0.15) is 0 Å². The Kier molecular flexibility index (Phi) is 2.04. The van der Waals surface area contributed by atoms with E-state index < -0.39 is 0 Å². The minimum Gasteiger partial charge on any atom is -0.272 e. The molecule has 0 saturated heterocycles. The maximum Gasteiger partial charge on any atom is 0.254 e. The molecule has 1 aliphatic rings. The fourth-order valence-corrected chi connectivity index (χ4v) is 1.32. The Bertz CT molecular complexity index is 394. The van der Waals surface area contributed by atoms with Crippen molar-refractivity contribution in [2.24, 2.45) is 5.10 Å². The molecule has 1 aromatic rings. The minimum absolute atomic E-state index is 0.0150. The highest BCUT2D eigenvalue weighted by Gasteiger charge is 2.23. The summed E-state index contributed by atoms with van der Waals surface area (Å²) in [6, 6.07) is 3.72. The van der Waals surface area contributed by atoms with Crippen LogP contribution in [0.4, 0.5) is 5.82 Å². The number of carbonyl (C=O) groups is 1. The van der Waals surface area contributed by atoms with E-state index in [-0.39, 0.29) is 5.91 Å². The van der Waals surface area contributed by atoms with E-state index in [1.54, 1.807) is 12.3 Å². The first kappa shape index (κ1) is 8.87. The summed E-state index contributed by atoms with van der Waals surface area (Å²) >= 11 is 0. The first-order valence-electron chi connectivity index (χ1n) is 4.46. The molecule has 4 nitrogen and oxygen atoms in total. The maximum absolute atomic E-state index is 11.4. The zero-order valence-electron chi connectivity index (χ0n) is 8.19. The van der Waals surface area contributed by atoms with Crippen molar-refractivity contribution < 1.29 is 4.79 Å². The fourth-order valence-electron chi connectivity index (χ4n) is 1.32. The molecule has 2 heterocycles. The molecule has 0 radical (unpaired) electrons. The van der Waals surface area contributed by atoms with Crippen LogP contribution in [0.1, 0.15) is 18.9 Å². The zero-order chi connectivity index (χ0) is 10.1. The van der Waals surface area contributed by atoms with E-state index in [9.17, 15) is 4.79 Å². The zero-order valence-corrected chi connectivity index (χ0v) is 8.19. The summed E-state index contributed by atoms with van der Waals surface area (Å²) in [7, 11) is 0. The molecule has 0 aromatic carbocycles. The molecule has 0 bridgehead atoms. The lowest BCUT2D eigenvalue weighted by Crippen LogP contribution is -2.20. The van der Waals surface area contributed by atoms with Crippen LogP contribution in [0.3, 0.4) is 0 Å². The smallest absolute Gasteiger partial charge is 0.254 e. The van der Waals surface area contributed by atoms with Crippen LogP contribution in [0, 0.1) is 6.92 Å². The van der Waals surface area contributed by atoms with Crippen molar-refractivity contribution in [2.75, 3.05) is 5.01 Å². The van der Waals surface area contributed by atoms with Crippen molar-refractivity contribution in [3.8, 4) is 0 Å². The maximum atomic E-state index is 11.4. The number of pyridine rings is 1. The van der Waals surface area contributed by atoms with Gasteiger partial charge in [0.05, 0.1) is 6.42 Å². The molecular formula is C10H11N3O. The second-order valence-electron chi connectivity index (χ2n) is 3.41. The number of hydrogen-bond acceptors (Lipinski definition) is 3. The van der Waals surface area contributed by atoms with Gasteiger partial charge in [-0.05, 0) is 25.5 Å². The van der Waals surface area contributed by atoms with Crippen molar-refractivity contribution in [3.63, 3.8) is 0 Å². The first-order valence-corrected chi connectivity index (χ1v) is 4.46. The molecule has 0 aliphatic carbocycles. The quantitative estimate of drug-likeness (QED) is 0.672. The van der Waals surface area contributed by atoms with Crippen molar-refractivity contribution in [2.45, 2.75) is 20.3 Å². The summed E-state index contributed by atoms with van der Waals surface area (Å²) in [4.78, 5) is 15.6. The van der Waals surface area contributed by atoms with Crippen LogP contribution in [-0.2, 0) is 4.79 Å². The summed E-state index contributed by atoms with van der Waals surface area (Å²) in [6.07, 6.45) is 2.13. The summed E-state index contributed by atoms with van der Waals surface area (Å²) in [5, 5.41) is 5.46. The molecule has 0 unspecified atom stereocenters. The van der Waals surface area contributed by atoms with Crippen LogP contribution in [0.25, 0.3) is 0 Å². The van der Waals surface area contributed by atoms with Gasteiger partial charge in [0, 0.05) is 11.9 Å². The highest BCUT2D eigenvalue weighted by molar-refractivity contribution is 6.11. The number of rotatable bonds is 1. The predicted octanol–water partition coefficient (Wildman–Crippen LogP) is 1.50. The second-order valence-corrected chi connectivity index (χ2v) is 3.41. The number of carbonyl (C=O) groups excluding carboxylic acids is 1. The standard InChI is InChI=1S/C10H11N3O/c1-7-3-4-9(11-6-7)13-10(14)5-8(2)12-13/h3-4,6H,5H2,1-2H3. The summed E-state index contributed by atoms with van der Waals surface area (Å²) in [5.74, 6) is 0.580. The molecule has 4 heteroatoms. The molecule has 1 amide bonds. The van der Waals surface area contributed by atoms with E-state index in [1.807, 2.05) is 19.9 Å². The van der Waals surface area contributed by atoms with Crippen LogP contribution < -0.4 is 5.01 Å². The van der Waals surface area contributed by atoms with Gasteiger partial charge in [-0.3, -0.25) is 4.79 Å². The summed E-state index contributed by atoms with van der Waals surface area (Å²) in [5.41, 5.74) is 1.90. The molecular weight excluding hydrogens is 178 g/mol. The van der Waals surface area contributed by atoms with Gasteiger partial charge in [-0.15, -0.1) is 0 Å². The SMILES string of the molecule is CC1=NN(c2ccc(C)cn2)C(=O)C1. The minimum atomic E-state index is -0.0150. The number of anilines is 1. The van der Waals surface area contributed by atoms with E-state index >= 15 is 0 Å². The molecule has 1 aliphatic heterocycles. The number of hydrogen-bond donors (Lipinski definition) is 0. The highest BCUT2D eigenvalue weighted by atomic mass is 16.2. The van der Waals surface area contributed by atoms with Gasteiger partial charge >= 0.3 is 0 Å². The van der Waals surface area contributed by atoms with E-state index in [0.717, 1.165) is 11.3 Å². The van der Waals surface area contributed by atoms with Gasteiger partial charge in [0.25, 0.3) is 5.91 Å². The van der Waals surface area contributed by atoms with E-state index in [2.05, 4.69) is 10.1 Å². The number of nitrogens with zero attached hydrogens (tertiary/aromatic N) is 3. The Balaban J connectivity index is 2.32. The molecule has 1 aromatic heterocycles. The van der Waals surface area contributed by atoms with Crippen molar-refractivity contribution in [3.05, 3.63) is 23.9 Å². The fraction of sp³-hybridized carbons (Fsp3) is 0.300. The van der Waals surface area contributed by atoms with Gasteiger partial charge in [0.15, 0.2) is 5.82 Å². The Morgan fingerprint density at radius 3 is 2.64 bits per heavy atom. The lowest BCUT2D eigenvalue weighted by molar-refractivity contribution is -0.116. The number of aromatic nitrogens is 1. The Morgan fingerprint density at radius 2 is 2.14 bits per heavy atom. The predicted molar refractivity (Wildman–Crippen MR) is 54.2 cm³/mol. The topological polar surface area (TPSA) is 45.6 Å².